The van der Waals surface area contributed by atoms with Crippen LogP contribution in [0.4, 0.5) is 0 Å². The van der Waals surface area contributed by atoms with Gasteiger partial charge in [-0.3, -0.25) is 9.79 Å². The molecule has 0 unspecified atom stereocenters. The molecule has 0 spiro atoms. The topological polar surface area (TPSA) is 38.7 Å². The van der Waals surface area contributed by atoms with E-state index in [1.54, 1.807) is 18.4 Å². The highest BCUT2D eigenvalue weighted by Gasteiger charge is 2.25. The van der Waals surface area contributed by atoms with E-state index in [0.717, 1.165) is 23.4 Å². The Morgan fingerprint density at radius 3 is 2.95 bits per heavy atom. The van der Waals surface area contributed by atoms with Gasteiger partial charge >= 0.3 is 0 Å². The van der Waals surface area contributed by atoms with Crippen LogP contribution < -0.4 is 4.74 Å². The third-order valence-electron chi connectivity index (χ3n) is 3.96. The predicted molar refractivity (Wildman–Crippen MR) is 90.1 cm³/mol. The molecule has 1 aromatic carbocycles. The molecule has 1 aromatic heterocycles. The molecule has 1 heterocycles. The van der Waals surface area contributed by atoms with Crippen molar-refractivity contribution in [2.45, 2.75) is 31.7 Å². The molecule has 0 N–H and O–H groups in total. The molecule has 3 rings (SSSR count). The third kappa shape index (κ3) is 3.63. The molecule has 0 aliphatic heterocycles. The average Bonchev–Trinajstić information content (AvgIpc) is 3.06. The monoisotopic (exact) mass is 313 g/mol. The number of rotatable bonds is 4. The summed E-state index contributed by atoms with van der Waals surface area (Å²) in [5.41, 5.74) is 2.19. The number of hydrogen-bond donors (Lipinski definition) is 0. The number of hydrogen-bond acceptors (Lipinski definition) is 4. The van der Waals surface area contributed by atoms with Gasteiger partial charge in [0.25, 0.3) is 0 Å². The Labute approximate surface area is 134 Å². The molecule has 1 saturated carbocycles. The van der Waals surface area contributed by atoms with E-state index in [2.05, 4.69) is 22.5 Å². The van der Waals surface area contributed by atoms with E-state index >= 15 is 0 Å². The van der Waals surface area contributed by atoms with Crippen LogP contribution in [-0.2, 0) is 11.3 Å². The lowest BCUT2D eigenvalue weighted by molar-refractivity contribution is -0.118. The molecule has 22 heavy (non-hydrogen) atoms. The van der Waals surface area contributed by atoms with E-state index in [1.165, 1.54) is 4.88 Å². The average molecular weight is 313 g/mol. The maximum atomic E-state index is 12.1. The van der Waals surface area contributed by atoms with Gasteiger partial charge in [-0.1, -0.05) is 18.2 Å². The summed E-state index contributed by atoms with van der Waals surface area (Å²) < 4.78 is 5.28. The van der Waals surface area contributed by atoms with Gasteiger partial charge in [-0.15, -0.1) is 11.3 Å². The Balaban J connectivity index is 1.75. The predicted octanol–water partition coefficient (Wildman–Crippen LogP) is 4.23. The lowest BCUT2D eigenvalue weighted by atomic mass is 9.82. The fourth-order valence-corrected chi connectivity index (χ4v) is 3.48. The van der Waals surface area contributed by atoms with Crippen molar-refractivity contribution in [1.82, 2.24) is 0 Å². The smallest absolute Gasteiger partial charge is 0.139 e. The van der Waals surface area contributed by atoms with E-state index in [4.69, 9.17) is 4.74 Å². The zero-order valence-electron chi connectivity index (χ0n) is 12.6. The van der Waals surface area contributed by atoms with Gasteiger partial charge in [-0.25, -0.2) is 0 Å². The largest absolute Gasteiger partial charge is 0.497 e. The molecule has 114 valence electrons. The van der Waals surface area contributed by atoms with Crippen molar-refractivity contribution in [3.05, 3.63) is 52.2 Å². The van der Waals surface area contributed by atoms with Crippen LogP contribution in [0.5, 0.6) is 5.75 Å². The normalized spacial score (nSPS) is 20.3. The number of carbonyl (C=O) groups excluding carboxylic acids is 1. The van der Waals surface area contributed by atoms with Gasteiger partial charge in [0.05, 0.1) is 13.7 Å². The summed E-state index contributed by atoms with van der Waals surface area (Å²) in [7, 11) is 1.67. The number of methoxy groups -OCH3 is 1. The standard InChI is InChI=1S/C18H19NO2S/c1-21-17-5-2-4-13(10-17)14-8-15(11-16(20)9-14)19-12-18-6-3-7-22-18/h2-7,10,14H,8-9,11-12H2,1H3/t14-/m0/s1. The fraction of sp³-hybridized carbons (Fsp3) is 0.333. The molecule has 2 aromatic rings. The van der Waals surface area contributed by atoms with Crippen LogP contribution in [0.25, 0.3) is 0 Å². The molecule has 1 aliphatic rings. The third-order valence-corrected chi connectivity index (χ3v) is 4.82. The Morgan fingerprint density at radius 2 is 2.18 bits per heavy atom. The van der Waals surface area contributed by atoms with Gasteiger partial charge in [0.1, 0.15) is 11.5 Å². The van der Waals surface area contributed by atoms with E-state index < -0.39 is 0 Å². The Bertz CT molecular complexity index is 676. The van der Waals surface area contributed by atoms with Crippen LogP contribution >= 0.6 is 11.3 Å². The first kappa shape index (κ1) is 15.0. The summed E-state index contributed by atoms with van der Waals surface area (Å²) in [5, 5.41) is 2.06. The zero-order chi connectivity index (χ0) is 15.4. The minimum Gasteiger partial charge on any atom is -0.497 e. The number of Topliss-reactive ketones (excluding diaryl/α,β-unsaturated/α-hetero) is 1. The Kier molecular flexibility index (Phi) is 4.68. The highest BCUT2D eigenvalue weighted by atomic mass is 32.1. The van der Waals surface area contributed by atoms with Crippen LogP contribution in [-0.4, -0.2) is 18.6 Å². The second-order valence-electron chi connectivity index (χ2n) is 5.56. The summed E-state index contributed by atoms with van der Waals surface area (Å²) in [6.07, 6.45) is 1.97. The van der Waals surface area contributed by atoms with Crippen molar-refractivity contribution >= 4 is 22.8 Å². The van der Waals surface area contributed by atoms with Crippen molar-refractivity contribution < 1.29 is 9.53 Å². The first-order chi connectivity index (χ1) is 10.7. The molecular formula is C18H19NO2S. The van der Waals surface area contributed by atoms with Gasteiger partial charge in [-0.05, 0) is 41.5 Å². The number of ketones is 1. The summed E-state index contributed by atoms with van der Waals surface area (Å²) >= 11 is 1.71. The number of benzene rings is 1. The van der Waals surface area contributed by atoms with Crippen molar-refractivity contribution in [3.8, 4) is 5.75 Å². The zero-order valence-corrected chi connectivity index (χ0v) is 13.4. The highest BCUT2D eigenvalue weighted by molar-refractivity contribution is 7.09. The first-order valence-electron chi connectivity index (χ1n) is 7.45. The summed E-state index contributed by atoms with van der Waals surface area (Å²) in [6, 6.07) is 12.1. The van der Waals surface area contributed by atoms with Crippen LogP contribution in [0.2, 0.25) is 0 Å². The second kappa shape index (κ2) is 6.88. The number of ether oxygens (including phenoxy) is 1. The van der Waals surface area contributed by atoms with E-state index in [0.29, 0.717) is 19.4 Å². The van der Waals surface area contributed by atoms with Crippen LogP contribution in [0.15, 0.2) is 46.8 Å². The minimum atomic E-state index is 0.221. The maximum absolute atomic E-state index is 12.1. The molecule has 3 nitrogen and oxygen atoms in total. The number of thiophene rings is 1. The van der Waals surface area contributed by atoms with E-state index in [1.807, 2.05) is 24.3 Å². The lowest BCUT2D eigenvalue weighted by Crippen LogP contribution is -2.21. The van der Waals surface area contributed by atoms with Gasteiger partial charge < -0.3 is 4.74 Å². The molecule has 1 fully saturated rings. The molecule has 4 heteroatoms. The lowest BCUT2D eigenvalue weighted by Gasteiger charge is -2.23. The molecular weight excluding hydrogens is 294 g/mol. The molecule has 0 amide bonds. The molecule has 0 saturated heterocycles. The molecule has 0 bridgehead atoms. The van der Waals surface area contributed by atoms with Gasteiger partial charge in [0, 0.05) is 23.4 Å². The van der Waals surface area contributed by atoms with Gasteiger partial charge in [0.2, 0.25) is 0 Å². The number of carbonyl (C=O) groups is 1. The van der Waals surface area contributed by atoms with Crippen LogP contribution in [0, 0.1) is 0 Å². The van der Waals surface area contributed by atoms with Crippen LogP contribution in [0.1, 0.15) is 35.6 Å². The fourth-order valence-electron chi connectivity index (χ4n) is 2.85. The van der Waals surface area contributed by atoms with Gasteiger partial charge in [-0.2, -0.15) is 0 Å². The Morgan fingerprint density at radius 1 is 1.27 bits per heavy atom. The molecule has 1 atom stereocenters. The molecule has 0 radical (unpaired) electrons. The van der Waals surface area contributed by atoms with Crippen molar-refractivity contribution in [2.75, 3.05) is 7.11 Å². The number of aliphatic imine (C=N–C) groups is 1. The maximum Gasteiger partial charge on any atom is 0.139 e. The Hall–Kier alpha value is -1.94. The quantitative estimate of drug-likeness (QED) is 0.847. The number of nitrogens with zero attached hydrogens (tertiary/aromatic N) is 1. The summed E-state index contributed by atoms with van der Waals surface area (Å²) in [6.45, 7) is 0.686. The van der Waals surface area contributed by atoms with E-state index in [-0.39, 0.29) is 11.7 Å². The van der Waals surface area contributed by atoms with Crippen molar-refractivity contribution in [2.24, 2.45) is 4.99 Å². The summed E-state index contributed by atoms with van der Waals surface area (Å²) in [5.74, 6) is 1.34. The SMILES string of the molecule is COc1cccc([C@@H]2CC(=O)CC(=NCc3cccs3)C2)c1. The molecule has 1 aliphatic carbocycles. The van der Waals surface area contributed by atoms with Crippen LogP contribution in [0.3, 0.4) is 0 Å². The highest BCUT2D eigenvalue weighted by Crippen LogP contribution is 2.31. The van der Waals surface area contributed by atoms with Gasteiger partial charge in [0.15, 0.2) is 0 Å². The van der Waals surface area contributed by atoms with Crippen molar-refractivity contribution in [1.29, 1.82) is 0 Å². The summed E-state index contributed by atoms with van der Waals surface area (Å²) in [4.78, 5) is 18.0. The van der Waals surface area contributed by atoms with E-state index in [9.17, 15) is 4.79 Å². The minimum absolute atomic E-state index is 0.221. The van der Waals surface area contributed by atoms with Crippen molar-refractivity contribution in [3.63, 3.8) is 0 Å². The second-order valence-corrected chi connectivity index (χ2v) is 6.59. The first-order valence-corrected chi connectivity index (χ1v) is 8.33.